The Hall–Kier alpha value is -4.88. The number of amides is 1. The highest BCUT2D eigenvalue weighted by molar-refractivity contribution is 5.93. The number of alkyl halides is 4. The molecule has 16 heteroatoms. The maximum Gasteiger partial charge on any atom is 0.410 e. The number of benzene rings is 2. The summed E-state index contributed by atoms with van der Waals surface area (Å²) in [5.41, 5.74) is -3.12. The van der Waals surface area contributed by atoms with Crippen molar-refractivity contribution in [2.45, 2.75) is 80.5 Å². The number of carbonyl (C=O) groups excluding carboxylic acids is 1. The highest BCUT2D eigenvalue weighted by atomic mass is 19.4. The first-order chi connectivity index (χ1) is 26.3. The molecule has 1 aromatic heterocycles. The highest BCUT2D eigenvalue weighted by Gasteiger charge is 2.65. The van der Waals surface area contributed by atoms with E-state index < -0.39 is 67.0 Å². The molecule has 4 heterocycles. The Morgan fingerprint density at radius 1 is 1.24 bits per heavy atom. The summed E-state index contributed by atoms with van der Waals surface area (Å²) >= 11 is 0. The molecule has 0 radical (unpaired) electrons. The smallest absolute Gasteiger partial charge is 0.410 e. The van der Waals surface area contributed by atoms with Crippen molar-refractivity contribution < 1.29 is 50.8 Å². The first-order valence-corrected chi connectivity index (χ1v) is 18.2. The van der Waals surface area contributed by atoms with Crippen LogP contribution in [-0.4, -0.2) is 107 Å². The Kier molecular flexibility index (Phi) is 10.5. The molecule has 1 unspecified atom stereocenters. The predicted octanol–water partition coefficient (Wildman–Crippen LogP) is 6.24. The van der Waals surface area contributed by atoms with Crippen molar-refractivity contribution in [3.8, 4) is 35.7 Å². The number of anilines is 1. The van der Waals surface area contributed by atoms with Crippen molar-refractivity contribution >= 4 is 22.5 Å². The summed E-state index contributed by atoms with van der Waals surface area (Å²) in [6.07, 6.45) is 2.05. The van der Waals surface area contributed by atoms with Crippen molar-refractivity contribution in [2.24, 2.45) is 0 Å². The number of ether oxygens (including phenoxy) is 4. The van der Waals surface area contributed by atoms with Gasteiger partial charge >= 0.3 is 12.2 Å². The van der Waals surface area contributed by atoms with Gasteiger partial charge in [-0.25, -0.2) is 8.78 Å². The quantitative estimate of drug-likeness (QED) is 0.139. The summed E-state index contributed by atoms with van der Waals surface area (Å²) < 4.78 is 99.0. The molecule has 1 amide bonds. The molecular weight excluding hydrogens is 729 g/mol. The number of hydrogen-bond acceptors (Lipinski definition) is 10. The summed E-state index contributed by atoms with van der Waals surface area (Å²) in [6, 6.07) is 4.35. The van der Waals surface area contributed by atoms with E-state index >= 15 is 17.6 Å². The number of rotatable bonds is 10. The molecule has 1 saturated carbocycles. The van der Waals surface area contributed by atoms with Gasteiger partial charge in [0, 0.05) is 56.8 Å². The summed E-state index contributed by atoms with van der Waals surface area (Å²) in [5.74, 6) is 1.08. The van der Waals surface area contributed by atoms with Gasteiger partial charge in [-0.15, -0.1) is 6.42 Å². The Morgan fingerprint density at radius 2 is 1.98 bits per heavy atom. The molecule has 3 aliphatic heterocycles. The van der Waals surface area contributed by atoms with E-state index in [1.54, 1.807) is 11.9 Å². The van der Waals surface area contributed by atoms with Gasteiger partial charge in [-0.2, -0.15) is 23.1 Å². The van der Waals surface area contributed by atoms with Gasteiger partial charge in [0.15, 0.2) is 17.5 Å². The molecule has 2 aromatic carbocycles. The average Bonchev–Trinajstić information content (AvgIpc) is 3.81. The number of likely N-dealkylation sites (tertiary alicyclic amines) is 1. The fourth-order valence-electron chi connectivity index (χ4n) is 8.54. The maximum absolute atomic E-state index is 15.1. The molecule has 0 spiro atoms. The van der Waals surface area contributed by atoms with Gasteiger partial charge in [0.05, 0.1) is 11.1 Å². The molecule has 3 aromatic rings. The Bertz CT molecular complexity index is 2000. The number of aromatic nitrogens is 2. The second-order valence-corrected chi connectivity index (χ2v) is 14.6. The number of hydrogen-bond donors (Lipinski definition) is 2. The maximum atomic E-state index is 15.1. The van der Waals surface area contributed by atoms with Crippen LogP contribution in [0, 0.1) is 18.2 Å². The van der Waals surface area contributed by atoms with Gasteiger partial charge in [0.2, 0.25) is 11.7 Å². The van der Waals surface area contributed by atoms with Crippen LogP contribution in [0.4, 0.5) is 27.8 Å². The van der Waals surface area contributed by atoms with Crippen molar-refractivity contribution in [1.29, 1.82) is 0 Å². The van der Waals surface area contributed by atoms with Crippen LogP contribution in [0.3, 0.4) is 0 Å². The Morgan fingerprint density at radius 3 is 2.67 bits per heavy atom. The van der Waals surface area contributed by atoms with Gasteiger partial charge in [0.25, 0.3) is 5.88 Å². The minimum Gasteiger partial charge on any atom is -0.508 e. The first kappa shape index (κ1) is 38.4. The lowest BCUT2D eigenvalue weighted by Crippen LogP contribution is -2.62. The molecule has 0 bridgehead atoms. The predicted molar refractivity (Wildman–Crippen MR) is 191 cm³/mol. The molecule has 7 rings (SSSR count). The molecule has 294 valence electrons. The number of aromatic hydroxyl groups is 1. The number of halogens is 5. The molecule has 1 aliphatic carbocycles. The lowest BCUT2D eigenvalue weighted by Gasteiger charge is -2.44. The summed E-state index contributed by atoms with van der Waals surface area (Å²) in [4.78, 5) is 24.3. The number of carbonyl (C=O) groups is 1. The van der Waals surface area contributed by atoms with Gasteiger partial charge < -0.3 is 34.3 Å². The van der Waals surface area contributed by atoms with Crippen LogP contribution in [0.5, 0.6) is 23.4 Å². The van der Waals surface area contributed by atoms with Gasteiger partial charge in [0.1, 0.15) is 31.0 Å². The number of likely N-dealkylation sites (N-methyl/N-ethyl adjacent to an activating group) is 1. The molecule has 3 fully saturated rings. The number of phenols is 1. The van der Waals surface area contributed by atoms with Crippen LogP contribution >= 0.6 is 0 Å². The second-order valence-electron chi connectivity index (χ2n) is 14.6. The third-order valence-electron chi connectivity index (χ3n) is 11.5. The van der Waals surface area contributed by atoms with E-state index in [-0.39, 0.29) is 66.6 Å². The van der Waals surface area contributed by atoms with Crippen molar-refractivity contribution in [3.05, 3.63) is 53.9 Å². The topological polar surface area (TPSA) is 119 Å². The van der Waals surface area contributed by atoms with Crippen molar-refractivity contribution in [2.75, 3.05) is 51.9 Å². The molecule has 11 nitrogen and oxygen atoms in total. The van der Waals surface area contributed by atoms with E-state index in [1.165, 1.54) is 30.3 Å². The monoisotopic (exact) mass is 771 g/mol. The van der Waals surface area contributed by atoms with E-state index in [0.717, 1.165) is 17.7 Å². The van der Waals surface area contributed by atoms with Gasteiger partial charge in [-0.1, -0.05) is 31.4 Å². The van der Waals surface area contributed by atoms with Crippen LogP contribution < -0.4 is 19.5 Å². The third kappa shape index (κ3) is 7.08. The number of nitrogens with one attached hydrogen (secondary N) is 1. The zero-order valence-electron chi connectivity index (χ0n) is 30.3. The molecule has 2 N–H and O–H groups in total. The number of nitrogens with zero attached hydrogens (tertiary/aromatic N) is 4. The molecule has 3 atom stereocenters. The van der Waals surface area contributed by atoms with E-state index in [1.807, 2.05) is 0 Å². The average molecular weight is 772 g/mol. The minimum atomic E-state index is -4.89. The minimum absolute atomic E-state index is 0.0151. The van der Waals surface area contributed by atoms with Crippen LogP contribution in [0.2, 0.25) is 0 Å². The summed E-state index contributed by atoms with van der Waals surface area (Å²) in [7, 11) is 1.68. The largest absolute Gasteiger partial charge is 0.508 e. The van der Waals surface area contributed by atoms with Crippen LogP contribution in [0.15, 0.2) is 36.9 Å². The molecule has 55 heavy (non-hydrogen) atoms. The number of terminal acetylenes is 1. The summed E-state index contributed by atoms with van der Waals surface area (Å²) in [5, 5.41) is 14.5. The normalized spacial score (nSPS) is 24.0. The van der Waals surface area contributed by atoms with Crippen molar-refractivity contribution in [1.82, 2.24) is 19.8 Å². The van der Waals surface area contributed by atoms with E-state index in [4.69, 9.17) is 25.4 Å². The first-order valence-electron chi connectivity index (χ1n) is 18.2. The van der Waals surface area contributed by atoms with Crippen molar-refractivity contribution in [3.63, 3.8) is 0 Å². The highest BCUT2D eigenvalue weighted by Crippen LogP contribution is 2.48. The molecule has 4 aliphatic rings. The molecular formula is C39H42F5N5O6. The fraction of sp³-hybridized carbons (Fsp3) is 0.513. The van der Waals surface area contributed by atoms with E-state index in [2.05, 4.69) is 27.8 Å². The van der Waals surface area contributed by atoms with Gasteiger partial charge in [-0.3, -0.25) is 9.69 Å². The second kappa shape index (κ2) is 15.0. The Balaban J connectivity index is 1.26. The SMILES string of the molecule is C#Cc1c(F)ccc2cc(O)cc(C3COc4c(NCC5(N(C)C(=O)C=C)CCCC5)nc(OC[C@]5(C(F)(F)F)C[C@@H](F)CN5C5CCOCC5)nc4O3)c12. The zero-order valence-corrected chi connectivity index (χ0v) is 30.3. The van der Waals surface area contributed by atoms with Crippen LogP contribution in [0.1, 0.15) is 62.2 Å². The zero-order chi connectivity index (χ0) is 39.1. The van der Waals surface area contributed by atoms with Crippen LogP contribution in [-0.2, 0) is 9.53 Å². The van der Waals surface area contributed by atoms with Crippen LogP contribution in [0.25, 0.3) is 10.8 Å². The number of phenolic OH excluding ortho intramolecular Hbond substituents is 1. The fourth-order valence-corrected chi connectivity index (χ4v) is 8.54. The summed E-state index contributed by atoms with van der Waals surface area (Å²) in [6.45, 7) is 2.69. The lowest BCUT2D eigenvalue weighted by molar-refractivity contribution is -0.241. The van der Waals surface area contributed by atoms with Gasteiger partial charge in [-0.05, 0) is 55.3 Å². The van der Waals surface area contributed by atoms with E-state index in [0.29, 0.717) is 36.5 Å². The third-order valence-corrected chi connectivity index (χ3v) is 11.5. The number of fused-ring (bicyclic) bond motifs is 2. The van der Waals surface area contributed by atoms with E-state index in [9.17, 15) is 14.3 Å². The lowest BCUT2D eigenvalue weighted by atomic mass is 9.93. The standard InChI is InChI=1S/C39H42F5N5O6/c1-4-27-29(41)9-8-23-16-26(50)17-28(32(23)27)30-20-53-33-34(45-21-37(12-6-7-13-37)48(3)31(51)5-2)46-36(47-35(33)55-30)54-22-38(39(42,43)44)18-24(40)19-49(38)25-10-14-52-15-11-25/h1,5,8-9,16-17,24-25,30,50H,2,6-7,10-15,18-22H2,3H3,(H,45,46,47)/t24-,30?,38+/m1/s1. The molecule has 2 saturated heterocycles. The Labute approximate surface area is 314 Å².